The minimum atomic E-state index is -0.465. The van der Waals surface area contributed by atoms with E-state index in [0.717, 1.165) is 22.0 Å². The second-order valence-corrected chi connectivity index (χ2v) is 7.94. The van der Waals surface area contributed by atoms with Gasteiger partial charge in [-0.2, -0.15) is 0 Å². The van der Waals surface area contributed by atoms with Crippen molar-refractivity contribution in [3.05, 3.63) is 76.3 Å². The fourth-order valence-electron chi connectivity index (χ4n) is 3.40. The van der Waals surface area contributed by atoms with Crippen molar-refractivity contribution in [3.63, 3.8) is 0 Å². The van der Waals surface area contributed by atoms with Crippen molar-refractivity contribution in [2.45, 2.75) is 6.92 Å². The van der Waals surface area contributed by atoms with Crippen molar-refractivity contribution in [1.29, 1.82) is 0 Å². The minimum Gasteiger partial charge on any atom is -0.462 e. The Kier molecular flexibility index (Phi) is 5.61. The Hall–Kier alpha value is -3.09. The van der Waals surface area contributed by atoms with Gasteiger partial charge in [-0.1, -0.05) is 48.0 Å². The lowest BCUT2D eigenvalue weighted by Crippen LogP contribution is -2.17. The van der Waals surface area contributed by atoms with Crippen LogP contribution in [0.3, 0.4) is 0 Å². The molecule has 0 spiro atoms. The highest BCUT2D eigenvalue weighted by molar-refractivity contribution is 7.15. The summed E-state index contributed by atoms with van der Waals surface area (Å²) in [6.45, 7) is 2.00. The summed E-state index contributed by atoms with van der Waals surface area (Å²) in [4.78, 5) is 25.8. The summed E-state index contributed by atoms with van der Waals surface area (Å²) in [6, 6.07) is 16.8. The molecule has 4 aromatic rings. The van der Waals surface area contributed by atoms with E-state index in [0.29, 0.717) is 21.3 Å². The molecule has 2 aromatic carbocycles. The van der Waals surface area contributed by atoms with E-state index in [1.54, 1.807) is 23.6 Å². The summed E-state index contributed by atoms with van der Waals surface area (Å²) in [7, 11) is 1.81. The van der Waals surface area contributed by atoms with Crippen LogP contribution in [0.5, 0.6) is 0 Å². The number of carbonyl (C=O) groups is 2. The average molecular weight is 439 g/mol. The second-order valence-electron chi connectivity index (χ2n) is 6.66. The quantitative estimate of drug-likeness (QED) is 0.389. The third-order valence-electron chi connectivity index (χ3n) is 4.85. The molecule has 1 N–H and O–H groups in total. The van der Waals surface area contributed by atoms with Gasteiger partial charge in [0.25, 0.3) is 5.91 Å². The summed E-state index contributed by atoms with van der Waals surface area (Å²) in [5.41, 5.74) is 3.28. The van der Waals surface area contributed by atoms with Crippen LogP contribution in [-0.2, 0) is 11.8 Å². The largest absolute Gasteiger partial charge is 0.462 e. The molecule has 4 rings (SSSR count). The van der Waals surface area contributed by atoms with E-state index in [9.17, 15) is 9.59 Å². The number of aryl methyl sites for hydroxylation is 1. The van der Waals surface area contributed by atoms with Gasteiger partial charge in [0.05, 0.1) is 6.61 Å². The SMILES string of the molecule is CCOC(=O)c1c(-c2ccccc2)csc1NC(=O)c1cc2c(Cl)cccc2n1C. The Labute approximate surface area is 182 Å². The van der Waals surface area contributed by atoms with Crippen molar-refractivity contribution in [2.24, 2.45) is 7.05 Å². The molecule has 152 valence electrons. The lowest BCUT2D eigenvalue weighted by atomic mass is 10.0. The normalized spacial score (nSPS) is 10.9. The third kappa shape index (κ3) is 3.60. The number of esters is 1. The molecule has 5 nitrogen and oxygen atoms in total. The first-order chi connectivity index (χ1) is 14.5. The molecule has 0 fully saturated rings. The Morgan fingerprint density at radius 2 is 1.90 bits per heavy atom. The molecular weight excluding hydrogens is 420 g/mol. The number of amides is 1. The predicted octanol–water partition coefficient (Wildman–Crippen LogP) is 5.99. The maximum Gasteiger partial charge on any atom is 0.341 e. The number of rotatable bonds is 5. The zero-order valence-corrected chi connectivity index (χ0v) is 18.0. The third-order valence-corrected chi connectivity index (χ3v) is 6.07. The molecule has 0 unspecified atom stereocenters. The number of fused-ring (bicyclic) bond motifs is 1. The van der Waals surface area contributed by atoms with Crippen molar-refractivity contribution >= 4 is 50.7 Å². The fraction of sp³-hybridized carbons (Fsp3) is 0.130. The number of nitrogens with one attached hydrogen (secondary N) is 1. The standard InChI is InChI=1S/C23H19ClN2O3S/c1-3-29-23(28)20-16(14-8-5-4-6-9-14)13-30-22(20)25-21(27)19-12-15-17(24)10-7-11-18(15)26(19)2/h4-13H,3H2,1-2H3,(H,25,27). The summed E-state index contributed by atoms with van der Waals surface area (Å²) < 4.78 is 7.04. The van der Waals surface area contributed by atoms with Gasteiger partial charge in [-0.3, -0.25) is 4.79 Å². The van der Waals surface area contributed by atoms with Crippen LogP contribution in [0.1, 0.15) is 27.8 Å². The number of halogens is 1. The molecule has 30 heavy (non-hydrogen) atoms. The molecule has 2 aromatic heterocycles. The van der Waals surface area contributed by atoms with Gasteiger partial charge >= 0.3 is 5.97 Å². The first kappa shape index (κ1) is 20.2. The number of anilines is 1. The summed E-state index contributed by atoms with van der Waals surface area (Å²) in [6.07, 6.45) is 0. The zero-order valence-electron chi connectivity index (χ0n) is 16.4. The average Bonchev–Trinajstić information content (AvgIpc) is 3.31. The minimum absolute atomic E-state index is 0.248. The van der Waals surface area contributed by atoms with E-state index in [2.05, 4.69) is 5.32 Å². The van der Waals surface area contributed by atoms with E-state index in [4.69, 9.17) is 16.3 Å². The Morgan fingerprint density at radius 1 is 1.13 bits per heavy atom. The van der Waals surface area contributed by atoms with Crippen LogP contribution in [-0.4, -0.2) is 23.1 Å². The molecule has 0 saturated carbocycles. The molecule has 0 atom stereocenters. The fourth-order valence-corrected chi connectivity index (χ4v) is 4.57. The smallest absolute Gasteiger partial charge is 0.341 e. The number of aromatic nitrogens is 1. The lowest BCUT2D eigenvalue weighted by molar-refractivity contribution is 0.0529. The first-order valence-corrected chi connectivity index (χ1v) is 10.7. The number of benzene rings is 2. The number of thiophene rings is 1. The zero-order chi connectivity index (χ0) is 21.3. The summed E-state index contributed by atoms with van der Waals surface area (Å²) in [5.74, 6) is -0.787. The van der Waals surface area contributed by atoms with Crippen molar-refractivity contribution in [1.82, 2.24) is 4.57 Å². The predicted molar refractivity (Wildman–Crippen MR) is 122 cm³/mol. The van der Waals surface area contributed by atoms with Crippen LogP contribution >= 0.6 is 22.9 Å². The highest BCUT2D eigenvalue weighted by Gasteiger charge is 2.24. The molecule has 1 amide bonds. The number of carbonyl (C=O) groups excluding carboxylic acids is 2. The van der Waals surface area contributed by atoms with Gasteiger partial charge < -0.3 is 14.6 Å². The topological polar surface area (TPSA) is 60.3 Å². The number of nitrogens with zero attached hydrogens (tertiary/aromatic N) is 1. The first-order valence-electron chi connectivity index (χ1n) is 9.40. The van der Waals surface area contributed by atoms with Crippen molar-refractivity contribution in [2.75, 3.05) is 11.9 Å². The molecule has 7 heteroatoms. The van der Waals surface area contributed by atoms with Crippen LogP contribution in [0.4, 0.5) is 5.00 Å². The summed E-state index contributed by atoms with van der Waals surface area (Å²) >= 11 is 7.57. The van der Waals surface area contributed by atoms with Gasteiger partial charge in [0.1, 0.15) is 16.3 Å². The Morgan fingerprint density at radius 3 is 2.60 bits per heavy atom. The molecule has 0 aliphatic carbocycles. The Bertz CT molecular complexity index is 1240. The van der Waals surface area contributed by atoms with Gasteiger partial charge in [0.2, 0.25) is 0 Å². The van der Waals surface area contributed by atoms with E-state index in [-0.39, 0.29) is 12.5 Å². The number of ether oxygens (including phenoxy) is 1. The van der Waals surface area contributed by atoms with Gasteiger partial charge in [-0.25, -0.2) is 4.79 Å². The van der Waals surface area contributed by atoms with E-state index in [1.807, 2.05) is 54.9 Å². The molecular formula is C23H19ClN2O3S. The van der Waals surface area contributed by atoms with Crippen LogP contribution < -0.4 is 5.32 Å². The lowest BCUT2D eigenvalue weighted by Gasteiger charge is -2.09. The number of hydrogen-bond donors (Lipinski definition) is 1. The summed E-state index contributed by atoms with van der Waals surface area (Å²) in [5, 5.41) is 6.58. The van der Waals surface area contributed by atoms with Crippen molar-refractivity contribution < 1.29 is 14.3 Å². The molecule has 0 bridgehead atoms. The van der Waals surface area contributed by atoms with Gasteiger partial charge in [0.15, 0.2) is 0 Å². The Balaban J connectivity index is 1.74. The van der Waals surface area contributed by atoms with Crippen LogP contribution in [0, 0.1) is 0 Å². The molecule has 0 radical (unpaired) electrons. The monoisotopic (exact) mass is 438 g/mol. The number of hydrogen-bond acceptors (Lipinski definition) is 4. The maximum atomic E-state index is 13.1. The van der Waals surface area contributed by atoms with E-state index >= 15 is 0 Å². The van der Waals surface area contributed by atoms with E-state index in [1.165, 1.54) is 11.3 Å². The van der Waals surface area contributed by atoms with Gasteiger partial charge in [-0.15, -0.1) is 11.3 Å². The highest BCUT2D eigenvalue weighted by Crippen LogP contribution is 2.36. The molecule has 2 heterocycles. The van der Waals surface area contributed by atoms with Crippen molar-refractivity contribution in [3.8, 4) is 11.1 Å². The maximum absolute atomic E-state index is 13.1. The molecule has 0 aliphatic rings. The van der Waals surface area contributed by atoms with Gasteiger partial charge in [0, 0.05) is 33.9 Å². The highest BCUT2D eigenvalue weighted by atomic mass is 35.5. The molecule has 0 saturated heterocycles. The van der Waals surface area contributed by atoms with Crippen LogP contribution in [0.2, 0.25) is 5.02 Å². The van der Waals surface area contributed by atoms with Crippen LogP contribution in [0.15, 0.2) is 60.0 Å². The molecule has 0 aliphatic heterocycles. The van der Waals surface area contributed by atoms with Gasteiger partial charge in [-0.05, 0) is 30.7 Å². The van der Waals surface area contributed by atoms with E-state index < -0.39 is 5.97 Å². The van der Waals surface area contributed by atoms with Crippen LogP contribution in [0.25, 0.3) is 22.0 Å². The second kappa shape index (κ2) is 8.34.